The number of nitrogens with two attached hydrogens (primary N) is 1. The molecule has 6 nitrogen and oxygen atoms in total. The average molecular weight is 266 g/mol. The van der Waals surface area contributed by atoms with Crippen molar-refractivity contribution < 1.29 is 4.79 Å². The van der Waals surface area contributed by atoms with Crippen molar-refractivity contribution in [1.29, 1.82) is 0 Å². The van der Waals surface area contributed by atoms with E-state index >= 15 is 0 Å². The number of aryl methyl sites for hydroxylation is 2. The summed E-state index contributed by atoms with van der Waals surface area (Å²) in [4.78, 5) is 15.8. The second-order valence-electron chi connectivity index (χ2n) is 3.84. The molecule has 0 aromatic carbocycles. The van der Waals surface area contributed by atoms with Crippen LogP contribution in [0.1, 0.15) is 16.1 Å². The first-order valence-corrected chi connectivity index (χ1v) is 5.58. The average Bonchev–Trinajstić information content (AvgIpc) is 2.61. The van der Waals surface area contributed by atoms with E-state index in [-0.39, 0.29) is 22.3 Å². The molecule has 18 heavy (non-hydrogen) atoms. The fourth-order valence-electron chi connectivity index (χ4n) is 1.44. The molecule has 0 radical (unpaired) electrons. The van der Waals surface area contributed by atoms with Crippen LogP contribution in [-0.4, -0.2) is 20.7 Å². The number of hydrogen-bond acceptors (Lipinski definition) is 4. The van der Waals surface area contributed by atoms with E-state index in [0.717, 1.165) is 5.69 Å². The molecule has 0 spiro atoms. The quantitative estimate of drug-likeness (QED) is 0.808. The van der Waals surface area contributed by atoms with Crippen LogP contribution in [0.2, 0.25) is 5.15 Å². The Morgan fingerprint density at radius 1 is 1.50 bits per heavy atom. The van der Waals surface area contributed by atoms with Gasteiger partial charge < -0.3 is 11.1 Å². The van der Waals surface area contributed by atoms with Crippen LogP contribution in [0.5, 0.6) is 0 Å². The van der Waals surface area contributed by atoms with Crippen molar-refractivity contribution in [2.45, 2.75) is 6.92 Å². The normalized spacial score (nSPS) is 10.4. The zero-order valence-corrected chi connectivity index (χ0v) is 10.7. The van der Waals surface area contributed by atoms with Gasteiger partial charge in [0.1, 0.15) is 5.15 Å². The Kier molecular flexibility index (Phi) is 3.20. The first-order chi connectivity index (χ1) is 8.47. The number of pyridine rings is 1. The maximum atomic E-state index is 12.0. The lowest BCUT2D eigenvalue weighted by molar-refractivity contribution is 0.102. The predicted octanol–water partition coefficient (Wildman–Crippen LogP) is 1.61. The van der Waals surface area contributed by atoms with Crippen molar-refractivity contribution >= 4 is 29.0 Å². The smallest absolute Gasteiger partial charge is 0.259 e. The van der Waals surface area contributed by atoms with Crippen LogP contribution >= 0.6 is 11.6 Å². The standard InChI is InChI=1S/C11H12ClN5O/c1-6-3-10(16-17(6)2)15-11(18)7-4-9(12)14-5-8(7)13/h3-5H,13H2,1-2H3,(H,15,16,18). The molecule has 2 heterocycles. The molecule has 0 fully saturated rings. The van der Waals surface area contributed by atoms with Gasteiger partial charge in [-0.05, 0) is 13.0 Å². The van der Waals surface area contributed by atoms with Gasteiger partial charge in [0.2, 0.25) is 0 Å². The van der Waals surface area contributed by atoms with Crippen LogP contribution in [0.15, 0.2) is 18.3 Å². The highest BCUT2D eigenvalue weighted by Gasteiger charge is 2.13. The van der Waals surface area contributed by atoms with Gasteiger partial charge in [0.25, 0.3) is 5.91 Å². The van der Waals surface area contributed by atoms with E-state index in [1.54, 1.807) is 17.8 Å². The highest BCUT2D eigenvalue weighted by molar-refractivity contribution is 6.30. The minimum absolute atomic E-state index is 0.214. The highest BCUT2D eigenvalue weighted by atomic mass is 35.5. The monoisotopic (exact) mass is 265 g/mol. The predicted molar refractivity (Wildman–Crippen MR) is 69.6 cm³/mol. The second-order valence-corrected chi connectivity index (χ2v) is 4.23. The summed E-state index contributed by atoms with van der Waals surface area (Å²) in [6.07, 6.45) is 1.35. The van der Waals surface area contributed by atoms with E-state index in [1.807, 2.05) is 6.92 Å². The maximum absolute atomic E-state index is 12.0. The zero-order valence-electron chi connectivity index (χ0n) is 9.94. The Morgan fingerprint density at radius 3 is 2.83 bits per heavy atom. The lowest BCUT2D eigenvalue weighted by Crippen LogP contribution is -2.14. The summed E-state index contributed by atoms with van der Waals surface area (Å²) in [5.41, 5.74) is 7.15. The van der Waals surface area contributed by atoms with Gasteiger partial charge in [0, 0.05) is 18.8 Å². The molecule has 94 valence electrons. The number of nitrogens with zero attached hydrogens (tertiary/aromatic N) is 3. The number of carbonyl (C=O) groups excluding carboxylic acids is 1. The number of anilines is 2. The van der Waals surface area contributed by atoms with Crippen LogP contribution in [0, 0.1) is 6.92 Å². The Bertz CT molecular complexity index is 588. The fourth-order valence-corrected chi connectivity index (χ4v) is 1.60. The molecule has 0 saturated carbocycles. The van der Waals surface area contributed by atoms with Gasteiger partial charge in [0.05, 0.1) is 17.4 Å². The van der Waals surface area contributed by atoms with Crippen LogP contribution < -0.4 is 11.1 Å². The van der Waals surface area contributed by atoms with Crippen molar-refractivity contribution in [1.82, 2.24) is 14.8 Å². The molecule has 0 aliphatic heterocycles. The molecule has 2 aromatic heterocycles. The number of rotatable bonds is 2. The third kappa shape index (κ3) is 2.43. The molecule has 0 unspecified atom stereocenters. The molecule has 0 bridgehead atoms. The molecular formula is C11H12ClN5O. The fraction of sp³-hybridized carbons (Fsp3) is 0.182. The molecule has 0 aliphatic rings. The second kappa shape index (κ2) is 4.66. The largest absolute Gasteiger partial charge is 0.397 e. The van der Waals surface area contributed by atoms with Crippen molar-refractivity contribution in [2.24, 2.45) is 7.05 Å². The van der Waals surface area contributed by atoms with Crippen molar-refractivity contribution in [3.63, 3.8) is 0 Å². The Morgan fingerprint density at radius 2 is 2.22 bits per heavy atom. The zero-order chi connectivity index (χ0) is 13.3. The summed E-state index contributed by atoms with van der Waals surface area (Å²) >= 11 is 5.73. The topological polar surface area (TPSA) is 85.8 Å². The van der Waals surface area contributed by atoms with E-state index in [9.17, 15) is 4.79 Å². The number of nitrogen functional groups attached to an aromatic ring is 1. The molecular weight excluding hydrogens is 254 g/mol. The maximum Gasteiger partial charge on any atom is 0.259 e. The summed E-state index contributed by atoms with van der Waals surface area (Å²) in [5, 5.41) is 6.99. The van der Waals surface area contributed by atoms with Crippen LogP contribution in [0.3, 0.4) is 0 Å². The molecule has 7 heteroatoms. The summed E-state index contributed by atoms with van der Waals surface area (Å²) in [5.74, 6) is 0.0993. The van der Waals surface area contributed by atoms with Crippen LogP contribution in [0.25, 0.3) is 0 Å². The minimum Gasteiger partial charge on any atom is -0.397 e. The SMILES string of the molecule is Cc1cc(NC(=O)c2cc(Cl)ncc2N)nn1C. The van der Waals surface area contributed by atoms with Gasteiger partial charge >= 0.3 is 0 Å². The molecule has 3 N–H and O–H groups in total. The molecule has 1 amide bonds. The lowest BCUT2D eigenvalue weighted by Gasteiger charge is -2.05. The van der Waals surface area contributed by atoms with Crippen LogP contribution in [0.4, 0.5) is 11.5 Å². The first kappa shape index (κ1) is 12.4. The number of hydrogen-bond donors (Lipinski definition) is 2. The summed E-state index contributed by atoms with van der Waals surface area (Å²) in [6, 6.07) is 3.18. The Hall–Kier alpha value is -2.08. The molecule has 0 aliphatic carbocycles. The van der Waals surface area contributed by atoms with E-state index in [4.69, 9.17) is 17.3 Å². The minimum atomic E-state index is -0.366. The van der Waals surface area contributed by atoms with Gasteiger partial charge in [-0.2, -0.15) is 5.10 Å². The van der Waals surface area contributed by atoms with Crippen LogP contribution in [-0.2, 0) is 7.05 Å². The summed E-state index contributed by atoms with van der Waals surface area (Å²) in [7, 11) is 1.79. The first-order valence-electron chi connectivity index (χ1n) is 5.20. The Labute approximate surface area is 109 Å². The number of aromatic nitrogens is 3. The van der Waals surface area contributed by atoms with Gasteiger partial charge in [-0.1, -0.05) is 11.6 Å². The summed E-state index contributed by atoms with van der Waals surface area (Å²) in [6.45, 7) is 1.89. The number of carbonyl (C=O) groups is 1. The van der Waals surface area contributed by atoms with Gasteiger partial charge in [-0.3, -0.25) is 9.48 Å². The molecule has 2 rings (SSSR count). The Balaban J connectivity index is 2.24. The number of nitrogens with one attached hydrogen (secondary N) is 1. The van der Waals surface area contributed by atoms with E-state index in [1.165, 1.54) is 12.3 Å². The molecule has 0 saturated heterocycles. The molecule has 0 atom stereocenters. The van der Waals surface area contributed by atoms with Crippen molar-refractivity contribution in [3.8, 4) is 0 Å². The third-order valence-corrected chi connectivity index (χ3v) is 2.71. The van der Waals surface area contributed by atoms with Gasteiger partial charge in [0.15, 0.2) is 5.82 Å². The van der Waals surface area contributed by atoms with E-state index < -0.39 is 0 Å². The molecule has 2 aromatic rings. The lowest BCUT2D eigenvalue weighted by atomic mass is 10.2. The van der Waals surface area contributed by atoms with E-state index in [0.29, 0.717) is 5.82 Å². The highest BCUT2D eigenvalue weighted by Crippen LogP contribution is 2.17. The van der Waals surface area contributed by atoms with E-state index in [2.05, 4.69) is 15.4 Å². The third-order valence-electron chi connectivity index (χ3n) is 2.50. The number of halogens is 1. The van der Waals surface area contributed by atoms with Crippen molar-refractivity contribution in [2.75, 3.05) is 11.1 Å². The number of amides is 1. The van der Waals surface area contributed by atoms with Gasteiger partial charge in [-0.15, -0.1) is 0 Å². The van der Waals surface area contributed by atoms with Gasteiger partial charge in [-0.25, -0.2) is 4.98 Å². The summed E-state index contributed by atoms with van der Waals surface area (Å²) < 4.78 is 1.67. The van der Waals surface area contributed by atoms with Crippen molar-refractivity contribution in [3.05, 3.63) is 34.7 Å².